The van der Waals surface area contributed by atoms with Gasteiger partial charge in [0.1, 0.15) is 0 Å². The van der Waals surface area contributed by atoms with Crippen LogP contribution < -0.4 is 10.5 Å². The Balaban J connectivity index is 1.70. The number of hydrogen-bond acceptors (Lipinski definition) is 5. The number of rotatable bonds is 4. The number of nitrogens with zero attached hydrogens (tertiary/aromatic N) is 1. The van der Waals surface area contributed by atoms with Crippen molar-refractivity contribution < 1.29 is 13.5 Å². The van der Waals surface area contributed by atoms with Gasteiger partial charge in [-0.3, -0.25) is 5.10 Å². The third-order valence-corrected chi connectivity index (χ3v) is 6.77. The van der Waals surface area contributed by atoms with Gasteiger partial charge >= 0.3 is 0 Å². The van der Waals surface area contributed by atoms with Crippen LogP contribution in [0.15, 0.2) is 35.2 Å². The van der Waals surface area contributed by atoms with Crippen LogP contribution in [-0.4, -0.2) is 35.9 Å². The first-order valence-corrected chi connectivity index (χ1v) is 10.3. The maximum atomic E-state index is 12.6. The lowest BCUT2D eigenvalue weighted by Crippen LogP contribution is -2.46. The molecular formula is C19H22N4O3S. The second kappa shape index (κ2) is 6.33. The fourth-order valence-corrected chi connectivity index (χ4v) is 5.03. The summed E-state index contributed by atoms with van der Waals surface area (Å²) in [6.45, 7) is 3.88. The van der Waals surface area contributed by atoms with Crippen molar-refractivity contribution in [2.45, 2.75) is 43.7 Å². The molecule has 0 amide bonds. The molecule has 0 radical (unpaired) electrons. The topological polar surface area (TPSA) is 121 Å². The molecule has 0 saturated heterocycles. The van der Waals surface area contributed by atoms with Gasteiger partial charge in [-0.1, -0.05) is 12.1 Å². The smallest absolute Gasteiger partial charge is 0.240 e. The molecule has 1 heterocycles. The van der Waals surface area contributed by atoms with Gasteiger partial charge in [0.05, 0.1) is 16.5 Å². The molecule has 27 heavy (non-hydrogen) atoms. The number of nitrogen functional groups attached to an aromatic ring is 1. The third kappa shape index (κ3) is 3.09. The van der Waals surface area contributed by atoms with Crippen molar-refractivity contribution in [1.82, 2.24) is 14.9 Å². The maximum absolute atomic E-state index is 12.6. The number of hydrogen-bond donors (Lipinski definition) is 4. The predicted molar refractivity (Wildman–Crippen MR) is 105 cm³/mol. The predicted octanol–water partition coefficient (Wildman–Crippen LogP) is 2.23. The number of nitrogens with one attached hydrogen (secondary N) is 2. The zero-order valence-electron chi connectivity index (χ0n) is 15.2. The van der Waals surface area contributed by atoms with E-state index in [2.05, 4.69) is 14.9 Å². The van der Waals surface area contributed by atoms with Crippen LogP contribution in [0.5, 0.6) is 0 Å². The third-order valence-electron chi connectivity index (χ3n) is 5.25. The van der Waals surface area contributed by atoms with Crippen LogP contribution in [0.1, 0.15) is 24.0 Å². The van der Waals surface area contributed by atoms with Crippen molar-refractivity contribution in [3.05, 3.63) is 41.5 Å². The van der Waals surface area contributed by atoms with Crippen LogP contribution >= 0.6 is 0 Å². The van der Waals surface area contributed by atoms with Gasteiger partial charge in [0.25, 0.3) is 0 Å². The first kappa shape index (κ1) is 18.0. The Hall–Kier alpha value is -2.42. The molecule has 0 spiro atoms. The number of fused-ring (bicyclic) bond motifs is 1. The first-order valence-electron chi connectivity index (χ1n) is 8.81. The van der Waals surface area contributed by atoms with Gasteiger partial charge < -0.3 is 10.8 Å². The van der Waals surface area contributed by atoms with Crippen LogP contribution in [0.3, 0.4) is 0 Å². The van der Waals surface area contributed by atoms with E-state index in [1.807, 2.05) is 32.0 Å². The number of aryl methyl sites for hydroxylation is 2. The molecule has 4 rings (SSSR count). The Bertz CT molecular complexity index is 1130. The monoisotopic (exact) mass is 386 g/mol. The number of anilines is 1. The largest absolute Gasteiger partial charge is 0.393 e. The van der Waals surface area contributed by atoms with Crippen molar-refractivity contribution in [2.24, 2.45) is 0 Å². The van der Waals surface area contributed by atoms with Crippen molar-refractivity contribution >= 4 is 26.7 Å². The molecule has 7 nitrogen and oxygen atoms in total. The van der Waals surface area contributed by atoms with Gasteiger partial charge in [-0.2, -0.15) is 5.10 Å². The van der Waals surface area contributed by atoms with Crippen LogP contribution in [0.4, 0.5) is 5.82 Å². The molecular weight excluding hydrogens is 364 g/mol. The molecule has 0 aliphatic heterocycles. The second-order valence-corrected chi connectivity index (χ2v) is 8.90. The second-order valence-electron chi connectivity index (χ2n) is 7.19. The number of H-pyrrole nitrogens is 1. The van der Waals surface area contributed by atoms with Crippen LogP contribution in [0.2, 0.25) is 0 Å². The van der Waals surface area contributed by atoms with Crippen LogP contribution in [-0.2, 0) is 10.0 Å². The molecule has 0 atom stereocenters. The first-order chi connectivity index (χ1) is 12.8. The fraction of sp³-hybridized carbons (Fsp3) is 0.316. The molecule has 142 valence electrons. The standard InChI is InChI=1S/C19H22N4O3S/c1-10-7-14(27(25,26)23-12-8-13(24)9-12)3-4-15(10)16-5-6-17-18(11(16)2)19(20)22-21-17/h3-7,12-13,23-24H,8-9H2,1-2H3,(H3,20,21,22)/t12-,13+. The summed E-state index contributed by atoms with van der Waals surface area (Å²) in [5.74, 6) is 0.452. The highest BCUT2D eigenvalue weighted by Gasteiger charge is 2.31. The van der Waals surface area contributed by atoms with E-state index >= 15 is 0 Å². The summed E-state index contributed by atoms with van der Waals surface area (Å²) >= 11 is 0. The molecule has 1 aliphatic rings. The molecule has 0 unspecified atom stereocenters. The zero-order chi connectivity index (χ0) is 19.3. The normalized spacial score (nSPS) is 20.0. The highest BCUT2D eigenvalue weighted by molar-refractivity contribution is 7.89. The summed E-state index contributed by atoms with van der Waals surface area (Å²) in [6.07, 6.45) is 0.513. The van der Waals surface area contributed by atoms with Crippen molar-refractivity contribution in [1.29, 1.82) is 0 Å². The number of aromatic amines is 1. The Morgan fingerprint density at radius 1 is 1.19 bits per heavy atom. The van der Waals surface area contributed by atoms with Gasteiger partial charge in [-0.05, 0) is 67.1 Å². The number of aromatic nitrogens is 2. The molecule has 0 bridgehead atoms. The molecule has 5 N–H and O–H groups in total. The molecule has 1 saturated carbocycles. The number of sulfonamides is 1. The summed E-state index contributed by atoms with van der Waals surface area (Å²) in [6, 6.07) is 8.83. The van der Waals surface area contributed by atoms with Crippen molar-refractivity contribution in [2.75, 3.05) is 5.73 Å². The minimum absolute atomic E-state index is 0.196. The van der Waals surface area contributed by atoms with Gasteiger partial charge in [-0.25, -0.2) is 13.1 Å². The average molecular weight is 386 g/mol. The van der Waals surface area contributed by atoms with Crippen LogP contribution in [0, 0.1) is 13.8 Å². The SMILES string of the molecule is Cc1cc(S(=O)(=O)N[C@H]2C[C@@H](O)C2)ccc1-c1ccc2[nH]nc(N)c2c1C. The van der Waals surface area contributed by atoms with E-state index in [1.165, 1.54) is 0 Å². The fourth-order valence-electron chi connectivity index (χ4n) is 3.68. The lowest BCUT2D eigenvalue weighted by molar-refractivity contribution is 0.0712. The minimum atomic E-state index is -3.60. The highest BCUT2D eigenvalue weighted by Crippen LogP contribution is 2.34. The summed E-state index contributed by atoms with van der Waals surface area (Å²) in [4.78, 5) is 0.228. The molecule has 2 aromatic carbocycles. The molecule has 1 fully saturated rings. The van der Waals surface area contributed by atoms with Gasteiger partial charge in [0.15, 0.2) is 5.82 Å². The average Bonchev–Trinajstić information content (AvgIpc) is 2.96. The summed E-state index contributed by atoms with van der Waals surface area (Å²) in [5, 5.41) is 17.2. The minimum Gasteiger partial charge on any atom is -0.393 e. The Morgan fingerprint density at radius 3 is 2.56 bits per heavy atom. The maximum Gasteiger partial charge on any atom is 0.240 e. The van der Waals surface area contributed by atoms with E-state index in [0.717, 1.165) is 33.2 Å². The van der Waals surface area contributed by atoms with Gasteiger partial charge in [0.2, 0.25) is 10.0 Å². The summed E-state index contributed by atoms with van der Waals surface area (Å²) in [5.41, 5.74) is 10.6. The van der Waals surface area contributed by atoms with Crippen molar-refractivity contribution in [3.8, 4) is 11.1 Å². The summed E-state index contributed by atoms with van der Waals surface area (Å²) < 4.78 is 27.8. The van der Waals surface area contributed by atoms with E-state index in [4.69, 9.17) is 5.73 Å². The Labute approximate surface area is 157 Å². The van der Waals surface area contributed by atoms with E-state index in [-0.39, 0.29) is 10.9 Å². The van der Waals surface area contributed by atoms with Crippen molar-refractivity contribution in [3.63, 3.8) is 0 Å². The van der Waals surface area contributed by atoms with Crippen LogP contribution in [0.25, 0.3) is 22.0 Å². The molecule has 8 heteroatoms. The molecule has 1 aliphatic carbocycles. The number of aliphatic hydroxyl groups is 1. The van der Waals surface area contributed by atoms with E-state index in [9.17, 15) is 13.5 Å². The number of benzene rings is 2. The van der Waals surface area contributed by atoms with E-state index < -0.39 is 16.1 Å². The zero-order valence-corrected chi connectivity index (χ0v) is 16.0. The van der Waals surface area contributed by atoms with Gasteiger partial charge in [-0.15, -0.1) is 0 Å². The quantitative estimate of drug-likeness (QED) is 0.548. The lowest BCUT2D eigenvalue weighted by Gasteiger charge is -2.31. The molecule has 1 aromatic heterocycles. The Kier molecular flexibility index (Phi) is 4.21. The Morgan fingerprint density at radius 2 is 1.89 bits per heavy atom. The van der Waals surface area contributed by atoms with E-state index in [1.54, 1.807) is 12.1 Å². The summed E-state index contributed by atoms with van der Waals surface area (Å²) in [7, 11) is -3.60. The number of nitrogens with two attached hydrogens (primary N) is 1. The lowest BCUT2D eigenvalue weighted by atomic mass is 9.91. The van der Waals surface area contributed by atoms with E-state index in [0.29, 0.717) is 18.7 Å². The number of aliphatic hydroxyl groups excluding tert-OH is 1. The van der Waals surface area contributed by atoms with Gasteiger partial charge in [0, 0.05) is 11.4 Å². The highest BCUT2D eigenvalue weighted by atomic mass is 32.2. The molecule has 3 aromatic rings.